The van der Waals surface area contributed by atoms with Crippen molar-refractivity contribution < 1.29 is 13.6 Å². The second kappa shape index (κ2) is 10.2. The van der Waals surface area contributed by atoms with Crippen molar-refractivity contribution in [1.82, 2.24) is 15.3 Å². The number of halogens is 2. The number of carbonyl (C=O) groups is 1. The zero-order chi connectivity index (χ0) is 24.1. The third kappa shape index (κ3) is 5.33. The molecule has 1 heterocycles. The first kappa shape index (κ1) is 23.8. The van der Waals surface area contributed by atoms with E-state index in [9.17, 15) is 13.6 Å². The molecule has 0 radical (unpaired) electrons. The van der Waals surface area contributed by atoms with E-state index in [4.69, 9.17) is 5.73 Å². The van der Waals surface area contributed by atoms with Crippen molar-refractivity contribution in [3.63, 3.8) is 0 Å². The zero-order valence-electron chi connectivity index (χ0n) is 18.9. The normalized spacial score (nSPS) is 10.6. The van der Waals surface area contributed by atoms with Crippen molar-refractivity contribution in [2.45, 2.75) is 26.7 Å². The SMILES string of the molecule is CNCC#Cc1c(N)ncnc1-c1cc(F)cc(NC(=O)c2ccc(C(C)C)cc2F)c1C. The molecule has 4 N–H and O–H groups in total. The van der Waals surface area contributed by atoms with Crippen molar-refractivity contribution >= 4 is 17.4 Å². The minimum absolute atomic E-state index is 0.121. The van der Waals surface area contributed by atoms with E-state index in [1.807, 2.05) is 13.8 Å². The van der Waals surface area contributed by atoms with Crippen LogP contribution in [-0.4, -0.2) is 29.5 Å². The summed E-state index contributed by atoms with van der Waals surface area (Å²) in [4.78, 5) is 21.0. The number of hydrogen-bond acceptors (Lipinski definition) is 5. The molecule has 6 nitrogen and oxygen atoms in total. The Labute approximate surface area is 191 Å². The summed E-state index contributed by atoms with van der Waals surface area (Å²) in [6.07, 6.45) is 1.27. The van der Waals surface area contributed by atoms with Gasteiger partial charge in [-0.25, -0.2) is 18.7 Å². The first-order valence-corrected chi connectivity index (χ1v) is 10.4. The van der Waals surface area contributed by atoms with E-state index in [1.165, 1.54) is 30.6 Å². The first-order valence-electron chi connectivity index (χ1n) is 10.4. The minimum Gasteiger partial charge on any atom is -0.383 e. The Morgan fingerprint density at radius 3 is 2.61 bits per heavy atom. The van der Waals surface area contributed by atoms with Crippen LogP contribution in [0, 0.1) is 30.4 Å². The Kier molecular flexibility index (Phi) is 7.36. The Morgan fingerprint density at radius 1 is 1.18 bits per heavy atom. The van der Waals surface area contributed by atoms with E-state index >= 15 is 0 Å². The lowest BCUT2D eigenvalue weighted by atomic mass is 9.99. The number of rotatable bonds is 5. The Bertz CT molecular complexity index is 1260. The molecule has 0 saturated heterocycles. The van der Waals surface area contributed by atoms with E-state index < -0.39 is 17.5 Å². The summed E-state index contributed by atoms with van der Waals surface area (Å²) in [6, 6.07) is 6.92. The third-order valence-electron chi connectivity index (χ3n) is 5.14. The fourth-order valence-corrected chi connectivity index (χ4v) is 3.27. The van der Waals surface area contributed by atoms with Crippen molar-refractivity contribution in [2.24, 2.45) is 0 Å². The average Bonchev–Trinajstić information content (AvgIpc) is 2.77. The summed E-state index contributed by atoms with van der Waals surface area (Å²) in [7, 11) is 1.76. The maximum Gasteiger partial charge on any atom is 0.258 e. The maximum absolute atomic E-state index is 14.6. The predicted octanol–water partition coefficient (Wildman–Crippen LogP) is 4.26. The molecule has 0 aliphatic carbocycles. The van der Waals surface area contributed by atoms with E-state index in [2.05, 4.69) is 32.4 Å². The highest BCUT2D eigenvalue weighted by atomic mass is 19.1. The van der Waals surface area contributed by atoms with Crippen LogP contribution in [0.3, 0.4) is 0 Å². The quantitative estimate of drug-likeness (QED) is 0.506. The summed E-state index contributed by atoms with van der Waals surface area (Å²) in [5, 5.41) is 5.52. The van der Waals surface area contributed by atoms with Crippen molar-refractivity contribution in [2.75, 3.05) is 24.6 Å². The fraction of sp³-hybridized carbons (Fsp3) is 0.240. The van der Waals surface area contributed by atoms with Crippen molar-refractivity contribution in [1.29, 1.82) is 0 Å². The van der Waals surface area contributed by atoms with Gasteiger partial charge in [0.2, 0.25) is 0 Å². The van der Waals surface area contributed by atoms with Crippen LogP contribution in [-0.2, 0) is 0 Å². The second-order valence-electron chi connectivity index (χ2n) is 7.79. The molecule has 0 aliphatic rings. The lowest BCUT2D eigenvalue weighted by Gasteiger charge is -2.15. The Hall–Kier alpha value is -3.83. The number of benzene rings is 2. The van der Waals surface area contributed by atoms with E-state index in [-0.39, 0.29) is 23.0 Å². The molecule has 1 amide bonds. The zero-order valence-corrected chi connectivity index (χ0v) is 18.9. The van der Waals surface area contributed by atoms with Gasteiger partial charge in [-0.2, -0.15) is 0 Å². The molecule has 0 bridgehead atoms. The highest BCUT2D eigenvalue weighted by Gasteiger charge is 2.19. The minimum atomic E-state index is -0.682. The molecule has 0 spiro atoms. The van der Waals surface area contributed by atoms with Crippen LogP contribution >= 0.6 is 0 Å². The van der Waals surface area contributed by atoms with Crippen LogP contribution in [0.2, 0.25) is 0 Å². The number of anilines is 2. The van der Waals surface area contributed by atoms with E-state index in [1.54, 1.807) is 20.0 Å². The third-order valence-corrected chi connectivity index (χ3v) is 5.14. The van der Waals surface area contributed by atoms with E-state index in [0.717, 1.165) is 5.56 Å². The number of hydrogen-bond donors (Lipinski definition) is 3. The van der Waals surface area contributed by atoms with Crippen molar-refractivity contribution in [3.05, 3.63) is 70.5 Å². The number of nitrogens with one attached hydrogen (secondary N) is 2. The number of nitrogens with two attached hydrogens (primary N) is 1. The highest BCUT2D eigenvalue weighted by Crippen LogP contribution is 2.32. The molecule has 0 saturated carbocycles. The summed E-state index contributed by atoms with van der Waals surface area (Å²) in [5.74, 6) is 4.16. The second-order valence-corrected chi connectivity index (χ2v) is 7.79. The van der Waals surface area contributed by atoms with Crippen LogP contribution in [0.5, 0.6) is 0 Å². The highest BCUT2D eigenvalue weighted by molar-refractivity contribution is 6.05. The lowest BCUT2D eigenvalue weighted by Crippen LogP contribution is -2.15. The molecule has 3 aromatic rings. The van der Waals surface area contributed by atoms with Gasteiger partial charge in [-0.3, -0.25) is 4.79 Å². The number of nitrogen functional groups attached to an aromatic ring is 1. The smallest absolute Gasteiger partial charge is 0.258 e. The van der Waals surface area contributed by atoms with Gasteiger partial charge in [0.1, 0.15) is 23.8 Å². The molecule has 0 fully saturated rings. The summed E-state index contributed by atoms with van der Waals surface area (Å²) >= 11 is 0. The van der Waals surface area contributed by atoms with Crippen LogP contribution in [0.15, 0.2) is 36.7 Å². The molecule has 33 heavy (non-hydrogen) atoms. The van der Waals surface area contributed by atoms with Gasteiger partial charge in [0.25, 0.3) is 5.91 Å². The molecule has 0 unspecified atom stereocenters. The Morgan fingerprint density at radius 2 is 1.94 bits per heavy atom. The Balaban J connectivity index is 2.02. The van der Waals surface area contributed by atoms with Gasteiger partial charge in [0.05, 0.1) is 23.4 Å². The van der Waals surface area contributed by atoms with Gasteiger partial charge in [-0.05, 0) is 55.3 Å². The fourth-order valence-electron chi connectivity index (χ4n) is 3.27. The summed E-state index contributed by atoms with van der Waals surface area (Å²) in [5.41, 5.74) is 8.45. The van der Waals surface area contributed by atoms with Gasteiger partial charge in [0.15, 0.2) is 0 Å². The molecule has 3 rings (SSSR count). The van der Waals surface area contributed by atoms with Gasteiger partial charge in [0, 0.05) is 11.3 Å². The average molecular weight is 450 g/mol. The first-order chi connectivity index (χ1) is 15.7. The van der Waals surface area contributed by atoms with E-state index in [0.29, 0.717) is 28.9 Å². The largest absolute Gasteiger partial charge is 0.383 e. The van der Waals surface area contributed by atoms with Gasteiger partial charge < -0.3 is 16.4 Å². The summed E-state index contributed by atoms with van der Waals surface area (Å²) < 4.78 is 29.1. The van der Waals surface area contributed by atoms with Gasteiger partial charge >= 0.3 is 0 Å². The summed E-state index contributed by atoms with van der Waals surface area (Å²) in [6.45, 7) is 5.98. The van der Waals surface area contributed by atoms with Crippen LogP contribution < -0.4 is 16.4 Å². The maximum atomic E-state index is 14.6. The molecule has 0 atom stereocenters. The molecular formula is C25H25F2N5O. The molecule has 1 aromatic heterocycles. The standard InChI is InChI=1S/C25H25F2N5O/c1-14(2)16-7-8-18(21(27)10-16)25(33)32-22-12-17(26)11-20(15(22)3)23-19(6-5-9-29-4)24(28)31-13-30-23/h7-8,10-14,29H,9H2,1-4H3,(H,32,33)(H2,28,30,31). The van der Waals surface area contributed by atoms with Gasteiger partial charge in [-0.1, -0.05) is 31.8 Å². The lowest BCUT2D eigenvalue weighted by molar-refractivity contribution is 0.102. The van der Waals surface area contributed by atoms with Crippen LogP contribution in [0.4, 0.5) is 20.3 Å². The van der Waals surface area contributed by atoms with Crippen molar-refractivity contribution in [3.8, 4) is 23.1 Å². The number of amides is 1. The molecule has 170 valence electrons. The molecule has 2 aromatic carbocycles. The molecular weight excluding hydrogens is 424 g/mol. The predicted molar refractivity (Wildman–Crippen MR) is 126 cm³/mol. The molecule has 8 heteroatoms. The van der Waals surface area contributed by atoms with Crippen LogP contribution in [0.25, 0.3) is 11.3 Å². The van der Waals surface area contributed by atoms with Crippen LogP contribution in [0.1, 0.15) is 46.8 Å². The number of carbonyl (C=O) groups excluding carboxylic acids is 1. The molecule has 0 aliphatic heterocycles. The van der Waals surface area contributed by atoms with Gasteiger partial charge in [-0.15, -0.1) is 0 Å². The topological polar surface area (TPSA) is 92.9 Å². The monoisotopic (exact) mass is 449 g/mol. The number of nitrogens with zero attached hydrogens (tertiary/aromatic N) is 2. The number of aromatic nitrogens is 2.